The highest BCUT2D eigenvalue weighted by Crippen LogP contribution is 2.29. The Morgan fingerprint density at radius 1 is 1.52 bits per heavy atom. The molecule has 2 rings (SSSR count). The molecule has 21 heavy (non-hydrogen) atoms. The van der Waals surface area contributed by atoms with Gasteiger partial charge in [-0.3, -0.25) is 4.79 Å². The van der Waals surface area contributed by atoms with Gasteiger partial charge in [0.05, 0.1) is 6.10 Å². The number of aliphatic carboxylic acids is 1. The Bertz CT molecular complexity index is 666. The molecule has 116 valence electrons. The first-order chi connectivity index (χ1) is 9.77. The van der Waals surface area contributed by atoms with E-state index >= 15 is 0 Å². The lowest BCUT2D eigenvalue weighted by Gasteiger charge is -2.21. The van der Waals surface area contributed by atoms with E-state index < -0.39 is 38.9 Å². The van der Waals surface area contributed by atoms with Crippen molar-refractivity contribution in [1.82, 2.24) is 4.31 Å². The Kier molecular flexibility index (Phi) is 4.52. The van der Waals surface area contributed by atoms with Crippen molar-refractivity contribution in [3.63, 3.8) is 0 Å². The zero-order valence-corrected chi connectivity index (χ0v) is 12.6. The third-order valence-corrected chi connectivity index (χ3v) is 5.46. The standard InChI is InChI=1S/C12H13ClFNO5S/c1-20-8-5-10(12(16)17)15(6-8)21(18,19)11-3-2-7(13)4-9(11)14/h2-4,8,10H,5-6H2,1H3,(H,16,17). The number of hydrogen-bond donors (Lipinski definition) is 1. The van der Waals surface area contributed by atoms with Gasteiger partial charge in [0.2, 0.25) is 10.0 Å². The summed E-state index contributed by atoms with van der Waals surface area (Å²) < 4.78 is 44.5. The topological polar surface area (TPSA) is 83.9 Å². The molecule has 0 spiro atoms. The third-order valence-electron chi connectivity index (χ3n) is 3.32. The van der Waals surface area contributed by atoms with Crippen molar-refractivity contribution in [2.45, 2.75) is 23.5 Å². The molecule has 1 aromatic rings. The Morgan fingerprint density at radius 2 is 2.19 bits per heavy atom. The number of carboxylic acids is 1. The number of carbonyl (C=O) groups is 1. The van der Waals surface area contributed by atoms with E-state index in [0.717, 1.165) is 16.4 Å². The molecular formula is C12H13ClFNO5S. The van der Waals surface area contributed by atoms with Crippen molar-refractivity contribution >= 4 is 27.6 Å². The maximum Gasteiger partial charge on any atom is 0.322 e. The van der Waals surface area contributed by atoms with Gasteiger partial charge in [0.25, 0.3) is 0 Å². The van der Waals surface area contributed by atoms with Crippen LogP contribution in [0.1, 0.15) is 6.42 Å². The molecule has 1 heterocycles. The molecule has 2 unspecified atom stereocenters. The van der Waals surface area contributed by atoms with Gasteiger partial charge in [-0.15, -0.1) is 0 Å². The molecule has 0 saturated carbocycles. The van der Waals surface area contributed by atoms with Gasteiger partial charge in [0, 0.05) is 25.1 Å². The molecular weight excluding hydrogens is 325 g/mol. The van der Waals surface area contributed by atoms with Gasteiger partial charge in [0.15, 0.2) is 0 Å². The Hall–Kier alpha value is -1.22. The highest BCUT2D eigenvalue weighted by atomic mass is 35.5. The predicted molar refractivity (Wildman–Crippen MR) is 72.1 cm³/mol. The van der Waals surface area contributed by atoms with Crippen LogP contribution in [0.15, 0.2) is 23.1 Å². The molecule has 0 radical (unpaired) electrons. The number of methoxy groups -OCH3 is 1. The molecule has 1 aliphatic rings. The summed E-state index contributed by atoms with van der Waals surface area (Å²) in [5.41, 5.74) is 0. The van der Waals surface area contributed by atoms with Gasteiger partial charge in [-0.1, -0.05) is 11.6 Å². The average Bonchev–Trinajstić information content (AvgIpc) is 2.83. The monoisotopic (exact) mass is 337 g/mol. The van der Waals surface area contributed by atoms with Crippen LogP contribution in [0.5, 0.6) is 0 Å². The first kappa shape index (κ1) is 16.2. The summed E-state index contributed by atoms with van der Waals surface area (Å²) in [4.78, 5) is 10.6. The molecule has 0 aliphatic carbocycles. The molecule has 0 bridgehead atoms. The summed E-state index contributed by atoms with van der Waals surface area (Å²) in [6.07, 6.45) is -0.531. The van der Waals surface area contributed by atoms with Crippen LogP contribution in [0.3, 0.4) is 0 Å². The maximum atomic E-state index is 13.8. The molecule has 2 atom stereocenters. The number of ether oxygens (including phenoxy) is 1. The van der Waals surface area contributed by atoms with Gasteiger partial charge >= 0.3 is 5.97 Å². The minimum Gasteiger partial charge on any atom is -0.480 e. The second-order valence-electron chi connectivity index (χ2n) is 4.60. The van der Waals surface area contributed by atoms with Gasteiger partial charge in [-0.05, 0) is 18.2 Å². The number of halogens is 2. The Labute approximate surface area is 126 Å². The fourth-order valence-corrected chi connectivity index (χ4v) is 4.07. The molecule has 0 amide bonds. The summed E-state index contributed by atoms with van der Waals surface area (Å²) in [5.74, 6) is -2.32. The van der Waals surface area contributed by atoms with E-state index in [9.17, 15) is 17.6 Å². The Balaban J connectivity index is 2.44. The van der Waals surface area contributed by atoms with Crippen LogP contribution in [-0.2, 0) is 19.6 Å². The van der Waals surface area contributed by atoms with Crippen LogP contribution in [0.2, 0.25) is 5.02 Å². The summed E-state index contributed by atoms with van der Waals surface area (Å²) in [6, 6.07) is 1.84. The van der Waals surface area contributed by atoms with Gasteiger partial charge in [0.1, 0.15) is 16.8 Å². The molecule has 0 aromatic heterocycles. The molecule has 9 heteroatoms. The van der Waals surface area contributed by atoms with E-state index in [1.54, 1.807) is 0 Å². The number of carboxylic acid groups (broad SMARTS) is 1. The zero-order chi connectivity index (χ0) is 15.8. The van der Waals surface area contributed by atoms with Crippen LogP contribution < -0.4 is 0 Å². The first-order valence-corrected chi connectivity index (χ1v) is 7.81. The van der Waals surface area contributed by atoms with Crippen LogP contribution in [0, 0.1) is 5.82 Å². The first-order valence-electron chi connectivity index (χ1n) is 6.00. The summed E-state index contributed by atoms with van der Waals surface area (Å²) in [7, 11) is -2.92. The zero-order valence-electron chi connectivity index (χ0n) is 11.0. The molecule has 1 aromatic carbocycles. The maximum absolute atomic E-state index is 13.8. The molecule has 1 saturated heterocycles. The lowest BCUT2D eigenvalue weighted by molar-refractivity contribution is -0.140. The molecule has 1 aliphatic heterocycles. The van der Waals surface area contributed by atoms with Crippen molar-refractivity contribution < 1.29 is 27.4 Å². The van der Waals surface area contributed by atoms with Gasteiger partial charge in [-0.2, -0.15) is 4.31 Å². The largest absolute Gasteiger partial charge is 0.480 e. The van der Waals surface area contributed by atoms with E-state index in [4.69, 9.17) is 21.4 Å². The smallest absolute Gasteiger partial charge is 0.322 e. The van der Waals surface area contributed by atoms with E-state index in [-0.39, 0.29) is 18.0 Å². The van der Waals surface area contributed by atoms with Crippen LogP contribution in [0.25, 0.3) is 0 Å². The SMILES string of the molecule is COC1CC(C(=O)O)N(S(=O)(=O)c2ccc(Cl)cc2F)C1. The Morgan fingerprint density at radius 3 is 2.71 bits per heavy atom. The molecule has 1 N–H and O–H groups in total. The van der Waals surface area contributed by atoms with E-state index in [2.05, 4.69) is 0 Å². The van der Waals surface area contributed by atoms with Gasteiger partial charge < -0.3 is 9.84 Å². The fourth-order valence-electron chi connectivity index (χ4n) is 2.24. The highest BCUT2D eigenvalue weighted by Gasteiger charge is 2.45. The lowest BCUT2D eigenvalue weighted by Crippen LogP contribution is -2.40. The molecule has 6 nitrogen and oxygen atoms in total. The van der Waals surface area contributed by atoms with Crippen molar-refractivity contribution in [1.29, 1.82) is 0 Å². The van der Waals surface area contributed by atoms with E-state index in [0.29, 0.717) is 0 Å². The fraction of sp³-hybridized carbons (Fsp3) is 0.417. The minimum absolute atomic E-state index is 0.0142. The van der Waals surface area contributed by atoms with Gasteiger partial charge in [-0.25, -0.2) is 12.8 Å². The quantitative estimate of drug-likeness (QED) is 0.896. The average molecular weight is 338 g/mol. The second kappa shape index (κ2) is 5.88. The third kappa shape index (κ3) is 3.03. The number of sulfonamides is 1. The number of benzene rings is 1. The van der Waals surface area contributed by atoms with Crippen LogP contribution in [0.4, 0.5) is 4.39 Å². The predicted octanol–water partition coefficient (Wildman–Crippen LogP) is 1.34. The van der Waals surface area contributed by atoms with Crippen molar-refractivity contribution in [3.8, 4) is 0 Å². The summed E-state index contributed by atoms with van der Waals surface area (Å²) >= 11 is 5.59. The van der Waals surface area contributed by atoms with E-state index in [1.807, 2.05) is 0 Å². The van der Waals surface area contributed by atoms with E-state index in [1.165, 1.54) is 13.2 Å². The normalized spacial score (nSPS) is 23.4. The second-order valence-corrected chi connectivity index (χ2v) is 6.89. The number of rotatable bonds is 4. The molecule has 1 fully saturated rings. The lowest BCUT2D eigenvalue weighted by atomic mass is 10.2. The highest BCUT2D eigenvalue weighted by molar-refractivity contribution is 7.89. The van der Waals surface area contributed by atoms with Crippen LogP contribution in [-0.4, -0.2) is 49.6 Å². The summed E-state index contributed by atoms with van der Waals surface area (Å²) in [6.45, 7) is -0.141. The van der Waals surface area contributed by atoms with Crippen molar-refractivity contribution in [3.05, 3.63) is 29.0 Å². The van der Waals surface area contributed by atoms with Crippen LogP contribution >= 0.6 is 11.6 Å². The number of nitrogens with zero attached hydrogens (tertiary/aromatic N) is 1. The minimum atomic E-state index is -4.28. The summed E-state index contributed by atoms with van der Waals surface area (Å²) in [5, 5.41) is 9.20. The van der Waals surface area contributed by atoms with Crippen molar-refractivity contribution in [2.24, 2.45) is 0 Å². The van der Waals surface area contributed by atoms with Crippen molar-refractivity contribution in [2.75, 3.05) is 13.7 Å². The number of hydrogen-bond acceptors (Lipinski definition) is 4.